The summed E-state index contributed by atoms with van der Waals surface area (Å²) >= 11 is 1.46. The smallest absolute Gasteiger partial charge is 0.306 e. The normalized spacial score (nSPS) is 10.0. The highest BCUT2D eigenvalue weighted by Gasteiger charge is 2.08. The van der Waals surface area contributed by atoms with Gasteiger partial charge >= 0.3 is 5.97 Å². The minimum Gasteiger partial charge on any atom is -0.497 e. The molecule has 1 rings (SSSR count). The van der Waals surface area contributed by atoms with E-state index in [0.717, 1.165) is 10.6 Å². The molecule has 4 nitrogen and oxygen atoms in total. The summed E-state index contributed by atoms with van der Waals surface area (Å²) < 4.78 is 9.82. The minimum atomic E-state index is -0.315. The molecule has 1 aromatic rings. The molecule has 0 aliphatic heterocycles. The third-order valence-electron chi connectivity index (χ3n) is 2.37. The van der Waals surface area contributed by atoms with Gasteiger partial charge in [0.05, 0.1) is 25.9 Å². The lowest BCUT2D eigenvalue weighted by Gasteiger charge is -2.03. The Bertz CT molecular complexity index is 414. The van der Waals surface area contributed by atoms with Crippen LogP contribution >= 0.6 is 11.8 Å². The molecule has 0 aliphatic rings. The summed E-state index contributed by atoms with van der Waals surface area (Å²) in [6.07, 6.45) is 0.401. The van der Waals surface area contributed by atoms with E-state index in [0.29, 0.717) is 12.4 Å². The largest absolute Gasteiger partial charge is 0.497 e. The lowest BCUT2D eigenvalue weighted by atomic mass is 10.2. The Balaban J connectivity index is 2.27. The SMILES string of the molecule is CCOC(=O)CCC(=O)CSc1ccc(OC)cc1. The van der Waals surface area contributed by atoms with Crippen LogP contribution in [0.25, 0.3) is 0 Å². The van der Waals surface area contributed by atoms with E-state index in [4.69, 9.17) is 9.47 Å². The molecule has 0 atom stereocenters. The van der Waals surface area contributed by atoms with Gasteiger partial charge in [-0.2, -0.15) is 0 Å². The van der Waals surface area contributed by atoms with Gasteiger partial charge in [0.25, 0.3) is 0 Å². The standard InChI is InChI=1S/C14H18O4S/c1-3-18-14(16)9-4-11(15)10-19-13-7-5-12(17-2)6-8-13/h5-8H,3-4,9-10H2,1-2H3. The summed E-state index contributed by atoms with van der Waals surface area (Å²) in [6.45, 7) is 2.10. The molecule has 5 heteroatoms. The predicted octanol–water partition coefficient (Wildman–Crippen LogP) is 2.70. The van der Waals surface area contributed by atoms with Crippen LogP contribution in [0.5, 0.6) is 5.75 Å². The van der Waals surface area contributed by atoms with Gasteiger partial charge in [-0.25, -0.2) is 0 Å². The second-order valence-corrected chi connectivity index (χ2v) is 4.86. The Hall–Kier alpha value is -1.49. The molecule has 104 valence electrons. The van der Waals surface area contributed by atoms with Gasteiger partial charge in [-0.05, 0) is 31.2 Å². The second-order valence-electron chi connectivity index (χ2n) is 3.81. The Morgan fingerprint density at radius 3 is 2.42 bits per heavy atom. The molecular formula is C14H18O4S. The highest BCUT2D eigenvalue weighted by Crippen LogP contribution is 2.21. The van der Waals surface area contributed by atoms with Crippen molar-refractivity contribution in [3.8, 4) is 5.75 Å². The molecule has 0 spiro atoms. The Morgan fingerprint density at radius 2 is 1.84 bits per heavy atom. The van der Waals surface area contributed by atoms with E-state index in [1.54, 1.807) is 14.0 Å². The van der Waals surface area contributed by atoms with Crippen LogP contribution < -0.4 is 4.74 Å². The fraction of sp³-hybridized carbons (Fsp3) is 0.429. The Kier molecular flexibility index (Phi) is 7.03. The molecule has 0 N–H and O–H groups in total. The van der Waals surface area contributed by atoms with Crippen LogP contribution in [0.15, 0.2) is 29.2 Å². The van der Waals surface area contributed by atoms with E-state index in [9.17, 15) is 9.59 Å². The van der Waals surface area contributed by atoms with Crippen LogP contribution in [0.2, 0.25) is 0 Å². The van der Waals surface area contributed by atoms with E-state index in [1.165, 1.54) is 11.8 Å². The maximum Gasteiger partial charge on any atom is 0.306 e. The highest BCUT2D eigenvalue weighted by molar-refractivity contribution is 8.00. The molecule has 0 amide bonds. The first-order valence-electron chi connectivity index (χ1n) is 6.10. The number of hydrogen-bond acceptors (Lipinski definition) is 5. The van der Waals surface area contributed by atoms with Crippen LogP contribution in [0.1, 0.15) is 19.8 Å². The molecule has 19 heavy (non-hydrogen) atoms. The number of benzene rings is 1. The monoisotopic (exact) mass is 282 g/mol. The van der Waals surface area contributed by atoms with Crippen LogP contribution in [0, 0.1) is 0 Å². The zero-order chi connectivity index (χ0) is 14.1. The van der Waals surface area contributed by atoms with Crippen molar-refractivity contribution in [3.05, 3.63) is 24.3 Å². The minimum absolute atomic E-state index is 0.0499. The average molecular weight is 282 g/mol. The third-order valence-corrected chi connectivity index (χ3v) is 3.44. The van der Waals surface area contributed by atoms with Crippen molar-refractivity contribution in [1.29, 1.82) is 0 Å². The first-order valence-corrected chi connectivity index (χ1v) is 7.08. The zero-order valence-corrected chi connectivity index (χ0v) is 12.0. The lowest BCUT2D eigenvalue weighted by Crippen LogP contribution is -2.08. The molecule has 0 radical (unpaired) electrons. The first-order chi connectivity index (χ1) is 9.15. The molecule has 0 saturated carbocycles. The van der Waals surface area contributed by atoms with E-state index < -0.39 is 0 Å². The van der Waals surface area contributed by atoms with Gasteiger partial charge in [-0.1, -0.05) is 0 Å². The maximum absolute atomic E-state index is 11.6. The van der Waals surface area contributed by atoms with Gasteiger partial charge in [0.15, 0.2) is 0 Å². The number of ether oxygens (including phenoxy) is 2. The maximum atomic E-state index is 11.6. The van der Waals surface area contributed by atoms with Crippen LogP contribution in [-0.4, -0.2) is 31.2 Å². The number of methoxy groups -OCH3 is 1. The molecule has 0 heterocycles. The Labute approximate surface area is 117 Å². The van der Waals surface area contributed by atoms with E-state index >= 15 is 0 Å². The van der Waals surface area contributed by atoms with Crippen molar-refractivity contribution in [3.63, 3.8) is 0 Å². The molecule has 0 aliphatic carbocycles. The molecule has 1 aromatic carbocycles. The number of carbonyl (C=O) groups is 2. The van der Waals surface area contributed by atoms with E-state index in [-0.39, 0.29) is 24.6 Å². The van der Waals surface area contributed by atoms with Crippen molar-refractivity contribution in [2.24, 2.45) is 0 Å². The van der Waals surface area contributed by atoms with Crippen LogP contribution in [-0.2, 0) is 14.3 Å². The molecule has 0 unspecified atom stereocenters. The fourth-order valence-corrected chi connectivity index (χ4v) is 2.18. The summed E-state index contributed by atoms with van der Waals surface area (Å²) in [4.78, 5) is 23.7. The predicted molar refractivity (Wildman–Crippen MR) is 74.6 cm³/mol. The highest BCUT2D eigenvalue weighted by atomic mass is 32.2. The molecule has 0 aromatic heterocycles. The summed E-state index contributed by atoms with van der Waals surface area (Å²) in [6, 6.07) is 7.51. The fourth-order valence-electron chi connectivity index (χ4n) is 1.38. The summed E-state index contributed by atoms with van der Waals surface area (Å²) in [7, 11) is 1.61. The molecular weight excluding hydrogens is 264 g/mol. The number of thioether (sulfide) groups is 1. The van der Waals surface area contributed by atoms with Crippen molar-refractivity contribution in [1.82, 2.24) is 0 Å². The number of hydrogen-bond donors (Lipinski definition) is 0. The number of ketones is 1. The van der Waals surface area contributed by atoms with Gasteiger partial charge in [0, 0.05) is 11.3 Å². The van der Waals surface area contributed by atoms with Gasteiger partial charge in [-0.15, -0.1) is 11.8 Å². The number of Topliss-reactive ketones (excluding diaryl/α,β-unsaturated/α-hetero) is 1. The van der Waals surface area contributed by atoms with Gasteiger partial charge in [0.1, 0.15) is 11.5 Å². The summed E-state index contributed by atoms with van der Waals surface area (Å²) in [5, 5.41) is 0. The second kappa shape index (κ2) is 8.58. The van der Waals surface area contributed by atoms with Gasteiger partial charge < -0.3 is 9.47 Å². The average Bonchev–Trinajstić information content (AvgIpc) is 2.44. The molecule has 0 fully saturated rings. The topological polar surface area (TPSA) is 52.6 Å². The van der Waals surface area contributed by atoms with Gasteiger partial charge in [0.2, 0.25) is 0 Å². The molecule has 0 bridgehead atoms. The third kappa shape index (κ3) is 6.29. The first kappa shape index (κ1) is 15.6. The van der Waals surface area contributed by atoms with E-state index in [1.807, 2.05) is 24.3 Å². The van der Waals surface area contributed by atoms with Crippen molar-refractivity contribution >= 4 is 23.5 Å². The summed E-state index contributed by atoms with van der Waals surface area (Å²) in [5.41, 5.74) is 0. The van der Waals surface area contributed by atoms with Gasteiger partial charge in [-0.3, -0.25) is 9.59 Å². The summed E-state index contributed by atoms with van der Waals surface area (Å²) in [5.74, 6) is 0.892. The lowest BCUT2D eigenvalue weighted by molar-refractivity contribution is -0.144. The van der Waals surface area contributed by atoms with Crippen molar-refractivity contribution in [2.75, 3.05) is 19.5 Å². The van der Waals surface area contributed by atoms with Crippen LogP contribution in [0.3, 0.4) is 0 Å². The zero-order valence-electron chi connectivity index (χ0n) is 11.2. The van der Waals surface area contributed by atoms with E-state index in [2.05, 4.69) is 0 Å². The number of esters is 1. The van der Waals surface area contributed by atoms with Crippen molar-refractivity contribution in [2.45, 2.75) is 24.7 Å². The molecule has 0 saturated heterocycles. The number of carbonyl (C=O) groups excluding carboxylic acids is 2. The number of rotatable bonds is 8. The van der Waals surface area contributed by atoms with Crippen molar-refractivity contribution < 1.29 is 19.1 Å². The Morgan fingerprint density at radius 1 is 1.16 bits per heavy atom. The van der Waals surface area contributed by atoms with Crippen LogP contribution in [0.4, 0.5) is 0 Å². The quantitative estimate of drug-likeness (QED) is 0.542.